The Kier molecular flexibility index (Phi) is 3.26. The third-order valence-corrected chi connectivity index (χ3v) is 3.02. The van der Waals surface area contributed by atoms with E-state index in [1.54, 1.807) is 0 Å². The van der Waals surface area contributed by atoms with Crippen LogP contribution in [0.5, 0.6) is 0 Å². The van der Waals surface area contributed by atoms with Gasteiger partial charge in [-0.15, -0.1) is 11.3 Å². The zero-order valence-electron chi connectivity index (χ0n) is 8.77. The quantitative estimate of drug-likeness (QED) is 0.838. The summed E-state index contributed by atoms with van der Waals surface area (Å²) in [5.74, 6) is -0.871. The zero-order chi connectivity index (χ0) is 12.4. The second kappa shape index (κ2) is 4.68. The van der Waals surface area contributed by atoms with Gasteiger partial charge in [0.25, 0.3) is 0 Å². The number of carboxylic acid groups (broad SMARTS) is 1. The van der Waals surface area contributed by atoms with Crippen LogP contribution in [0, 0.1) is 6.92 Å². The van der Waals surface area contributed by atoms with Gasteiger partial charge in [0, 0.05) is 5.38 Å². The molecule has 0 saturated heterocycles. The molecule has 0 aromatic carbocycles. The van der Waals surface area contributed by atoms with Crippen molar-refractivity contribution in [1.82, 2.24) is 9.97 Å². The van der Waals surface area contributed by atoms with Crippen molar-refractivity contribution in [2.45, 2.75) is 6.92 Å². The third-order valence-electron chi connectivity index (χ3n) is 1.94. The number of anilines is 2. The highest BCUT2D eigenvalue weighted by atomic mass is 35.5. The number of halogens is 1. The average molecular weight is 270 g/mol. The van der Waals surface area contributed by atoms with E-state index in [0.29, 0.717) is 5.13 Å². The Bertz CT molecular complexity index is 570. The molecule has 17 heavy (non-hydrogen) atoms. The van der Waals surface area contributed by atoms with Gasteiger partial charge in [-0.05, 0) is 19.1 Å². The molecular weight excluding hydrogens is 262 g/mol. The summed E-state index contributed by atoms with van der Waals surface area (Å²) in [6.07, 6.45) is 0. The summed E-state index contributed by atoms with van der Waals surface area (Å²) in [5.41, 5.74) is 0.915. The first-order valence-electron chi connectivity index (χ1n) is 4.65. The molecule has 0 aliphatic rings. The summed E-state index contributed by atoms with van der Waals surface area (Å²) in [4.78, 5) is 19.1. The molecule has 5 nitrogen and oxygen atoms in total. The van der Waals surface area contributed by atoms with Crippen molar-refractivity contribution >= 4 is 39.9 Å². The first-order chi connectivity index (χ1) is 8.06. The van der Waals surface area contributed by atoms with Crippen molar-refractivity contribution in [3.63, 3.8) is 0 Å². The molecule has 0 amide bonds. The van der Waals surface area contributed by atoms with Crippen molar-refractivity contribution in [3.8, 4) is 0 Å². The Morgan fingerprint density at radius 3 is 2.82 bits per heavy atom. The molecule has 0 spiro atoms. The van der Waals surface area contributed by atoms with Crippen LogP contribution in [0.2, 0.25) is 5.15 Å². The molecule has 2 aromatic rings. The molecule has 2 N–H and O–H groups in total. The van der Waals surface area contributed by atoms with Gasteiger partial charge in [0.2, 0.25) is 0 Å². The van der Waals surface area contributed by atoms with Crippen molar-refractivity contribution < 1.29 is 9.90 Å². The van der Waals surface area contributed by atoms with Crippen molar-refractivity contribution in [3.05, 3.63) is 33.9 Å². The highest BCUT2D eigenvalue weighted by molar-refractivity contribution is 7.13. The van der Waals surface area contributed by atoms with Gasteiger partial charge < -0.3 is 10.4 Å². The highest BCUT2D eigenvalue weighted by Crippen LogP contribution is 2.23. The number of carboxylic acids is 1. The molecule has 0 bridgehead atoms. The summed E-state index contributed by atoms with van der Waals surface area (Å²) in [5, 5.41) is 14.5. The van der Waals surface area contributed by atoms with Crippen LogP contribution < -0.4 is 5.32 Å². The number of thiazole rings is 1. The monoisotopic (exact) mass is 269 g/mol. The number of hydrogen-bond donors (Lipinski definition) is 2. The number of pyridine rings is 1. The minimum Gasteiger partial charge on any atom is -0.478 e. The molecule has 0 aliphatic heterocycles. The van der Waals surface area contributed by atoms with Crippen LogP contribution in [0.4, 0.5) is 10.9 Å². The summed E-state index contributed by atoms with van der Waals surface area (Å²) in [6.45, 7) is 1.85. The topological polar surface area (TPSA) is 75.1 Å². The number of rotatable bonds is 3. The molecule has 88 valence electrons. The van der Waals surface area contributed by atoms with E-state index in [9.17, 15) is 4.79 Å². The van der Waals surface area contributed by atoms with Crippen LogP contribution in [0.15, 0.2) is 17.5 Å². The molecular formula is C10H8ClN3O2S. The number of aryl methyl sites for hydroxylation is 1. The minimum atomic E-state index is -1.06. The van der Waals surface area contributed by atoms with E-state index in [1.165, 1.54) is 23.5 Å². The normalized spacial score (nSPS) is 10.2. The van der Waals surface area contributed by atoms with E-state index in [2.05, 4.69) is 15.3 Å². The van der Waals surface area contributed by atoms with Crippen molar-refractivity contribution in [2.24, 2.45) is 0 Å². The summed E-state index contributed by atoms with van der Waals surface area (Å²) in [6, 6.07) is 2.84. The van der Waals surface area contributed by atoms with Crippen LogP contribution >= 0.6 is 22.9 Å². The van der Waals surface area contributed by atoms with Gasteiger partial charge in [-0.2, -0.15) is 0 Å². The predicted molar refractivity (Wildman–Crippen MR) is 66.3 cm³/mol. The van der Waals surface area contributed by atoms with Gasteiger partial charge in [0.15, 0.2) is 5.13 Å². The fourth-order valence-corrected chi connectivity index (χ4v) is 2.05. The van der Waals surface area contributed by atoms with Crippen LogP contribution in [-0.2, 0) is 0 Å². The number of nitrogens with zero attached hydrogens (tertiary/aromatic N) is 2. The van der Waals surface area contributed by atoms with E-state index < -0.39 is 5.97 Å². The van der Waals surface area contributed by atoms with E-state index in [4.69, 9.17) is 16.7 Å². The summed E-state index contributed by atoms with van der Waals surface area (Å²) in [7, 11) is 0. The number of aromatic nitrogens is 2. The van der Waals surface area contributed by atoms with Gasteiger partial charge in [0.1, 0.15) is 16.5 Å². The van der Waals surface area contributed by atoms with E-state index in [1.807, 2.05) is 12.3 Å². The van der Waals surface area contributed by atoms with Gasteiger partial charge in [-0.1, -0.05) is 11.6 Å². The molecule has 2 rings (SSSR count). The fourth-order valence-electron chi connectivity index (χ4n) is 1.22. The average Bonchev–Trinajstić information content (AvgIpc) is 2.63. The molecule has 0 radical (unpaired) electrons. The van der Waals surface area contributed by atoms with Crippen LogP contribution in [-0.4, -0.2) is 21.0 Å². The zero-order valence-corrected chi connectivity index (χ0v) is 10.3. The molecule has 2 heterocycles. The third kappa shape index (κ3) is 2.72. The molecule has 0 fully saturated rings. The molecule has 7 heteroatoms. The Morgan fingerprint density at radius 1 is 1.47 bits per heavy atom. The maximum Gasteiger partial charge on any atom is 0.339 e. The minimum absolute atomic E-state index is 0.0576. The lowest BCUT2D eigenvalue weighted by molar-refractivity contribution is 0.0697. The second-order valence-electron chi connectivity index (χ2n) is 3.25. The largest absolute Gasteiger partial charge is 0.478 e. The fraction of sp³-hybridized carbons (Fsp3) is 0.100. The maximum atomic E-state index is 11.0. The second-order valence-corrected chi connectivity index (χ2v) is 4.50. The van der Waals surface area contributed by atoms with E-state index in [0.717, 1.165) is 5.69 Å². The SMILES string of the molecule is Cc1csc(Nc2nc(Cl)ccc2C(=O)O)n1. The highest BCUT2D eigenvalue weighted by Gasteiger charge is 2.13. The van der Waals surface area contributed by atoms with E-state index in [-0.39, 0.29) is 16.5 Å². The van der Waals surface area contributed by atoms with Crippen LogP contribution in [0.3, 0.4) is 0 Å². The Balaban J connectivity index is 2.37. The van der Waals surface area contributed by atoms with Crippen molar-refractivity contribution in [2.75, 3.05) is 5.32 Å². The molecule has 0 atom stereocenters. The lowest BCUT2D eigenvalue weighted by atomic mass is 10.2. The summed E-state index contributed by atoms with van der Waals surface area (Å²) < 4.78 is 0. The molecule has 0 aliphatic carbocycles. The number of hydrogen-bond acceptors (Lipinski definition) is 5. The number of nitrogens with one attached hydrogen (secondary N) is 1. The van der Waals surface area contributed by atoms with E-state index >= 15 is 0 Å². The van der Waals surface area contributed by atoms with Gasteiger partial charge in [-0.25, -0.2) is 14.8 Å². The number of carbonyl (C=O) groups is 1. The Morgan fingerprint density at radius 2 is 2.24 bits per heavy atom. The lowest BCUT2D eigenvalue weighted by Crippen LogP contribution is -2.04. The maximum absolute atomic E-state index is 11.0. The van der Waals surface area contributed by atoms with Crippen LogP contribution in [0.25, 0.3) is 0 Å². The smallest absolute Gasteiger partial charge is 0.339 e. The molecule has 2 aromatic heterocycles. The van der Waals surface area contributed by atoms with Gasteiger partial charge >= 0.3 is 5.97 Å². The van der Waals surface area contributed by atoms with Gasteiger partial charge in [-0.3, -0.25) is 0 Å². The first kappa shape index (κ1) is 11.8. The lowest BCUT2D eigenvalue weighted by Gasteiger charge is -2.05. The standard InChI is InChI=1S/C10H8ClN3O2S/c1-5-4-17-10(12-5)14-8-6(9(15)16)2-3-7(11)13-8/h2-4H,1H3,(H,15,16)(H,12,13,14). The predicted octanol–water partition coefficient (Wildman–Crippen LogP) is 2.94. The Hall–Kier alpha value is -1.66. The number of aromatic carboxylic acids is 1. The van der Waals surface area contributed by atoms with Crippen LogP contribution in [0.1, 0.15) is 16.1 Å². The van der Waals surface area contributed by atoms with Gasteiger partial charge in [0.05, 0.1) is 5.69 Å². The molecule has 0 saturated carbocycles. The Labute approximate surface area is 106 Å². The first-order valence-corrected chi connectivity index (χ1v) is 5.91. The van der Waals surface area contributed by atoms with Crippen molar-refractivity contribution in [1.29, 1.82) is 0 Å². The summed E-state index contributed by atoms with van der Waals surface area (Å²) >= 11 is 7.10. The molecule has 0 unspecified atom stereocenters.